The lowest BCUT2D eigenvalue weighted by molar-refractivity contribution is -0.122. The smallest absolute Gasteiger partial charge is 0.227 e. The molecule has 0 aliphatic carbocycles. The molecule has 0 aliphatic rings. The van der Waals surface area contributed by atoms with Crippen LogP contribution in [-0.2, 0) is 4.79 Å². The van der Waals surface area contributed by atoms with Crippen LogP contribution in [0.4, 0.5) is 17.5 Å². The molecule has 7 heteroatoms. The van der Waals surface area contributed by atoms with E-state index in [1.165, 1.54) is 0 Å². The molecule has 1 amide bonds. The van der Waals surface area contributed by atoms with E-state index in [-0.39, 0.29) is 11.8 Å². The van der Waals surface area contributed by atoms with Gasteiger partial charge in [-0.1, -0.05) is 43.3 Å². The number of carbonyl (C=O) groups is 1. The van der Waals surface area contributed by atoms with Crippen LogP contribution in [0, 0.1) is 6.92 Å². The van der Waals surface area contributed by atoms with Crippen molar-refractivity contribution in [3.63, 3.8) is 0 Å². The van der Waals surface area contributed by atoms with E-state index in [9.17, 15) is 4.79 Å². The van der Waals surface area contributed by atoms with Crippen LogP contribution in [-0.4, -0.2) is 34.2 Å². The van der Waals surface area contributed by atoms with E-state index in [4.69, 9.17) is 0 Å². The Balaban J connectivity index is 1.43. The van der Waals surface area contributed by atoms with Crippen LogP contribution in [0.1, 0.15) is 30.4 Å². The Morgan fingerprint density at radius 1 is 0.931 bits per heavy atom. The van der Waals surface area contributed by atoms with Crippen molar-refractivity contribution in [2.24, 2.45) is 0 Å². The molecule has 0 radical (unpaired) electrons. The molecular weight excluding hydrogens is 364 g/mol. The van der Waals surface area contributed by atoms with E-state index in [1.54, 1.807) is 6.20 Å². The molecule has 29 heavy (non-hydrogen) atoms. The molecule has 1 atom stereocenters. The topological polar surface area (TPSA) is 91.8 Å². The zero-order chi connectivity index (χ0) is 20.5. The molecule has 0 fully saturated rings. The first-order valence-corrected chi connectivity index (χ1v) is 9.75. The number of nitrogens with zero attached hydrogens (tertiary/aromatic N) is 3. The van der Waals surface area contributed by atoms with Crippen molar-refractivity contribution in [3.05, 3.63) is 71.9 Å². The van der Waals surface area contributed by atoms with E-state index >= 15 is 0 Å². The SMILES string of the molecule is CCC(C(=O)NCCNc1ccc(Nc2ccc(C)cn2)nn1)c1ccccc1. The molecular formula is C22H26N6O. The molecule has 0 saturated heterocycles. The fourth-order valence-electron chi connectivity index (χ4n) is 2.92. The monoisotopic (exact) mass is 390 g/mol. The Kier molecular flexibility index (Phi) is 7.10. The van der Waals surface area contributed by atoms with Gasteiger partial charge in [-0.05, 0) is 42.7 Å². The van der Waals surface area contributed by atoms with Gasteiger partial charge in [0.2, 0.25) is 5.91 Å². The zero-order valence-electron chi connectivity index (χ0n) is 16.7. The second-order valence-corrected chi connectivity index (χ2v) is 6.74. The summed E-state index contributed by atoms with van der Waals surface area (Å²) >= 11 is 0. The van der Waals surface area contributed by atoms with E-state index < -0.39 is 0 Å². The first-order chi connectivity index (χ1) is 14.2. The van der Waals surface area contributed by atoms with Crippen molar-refractivity contribution < 1.29 is 4.79 Å². The molecule has 1 aromatic carbocycles. The van der Waals surface area contributed by atoms with Gasteiger partial charge in [0.25, 0.3) is 0 Å². The summed E-state index contributed by atoms with van der Waals surface area (Å²) in [5, 5.41) is 17.5. The lowest BCUT2D eigenvalue weighted by Crippen LogP contribution is -2.33. The summed E-state index contributed by atoms with van der Waals surface area (Å²) in [6.07, 6.45) is 2.56. The number of benzene rings is 1. The van der Waals surface area contributed by atoms with Gasteiger partial charge < -0.3 is 16.0 Å². The summed E-state index contributed by atoms with van der Waals surface area (Å²) < 4.78 is 0. The third-order valence-electron chi connectivity index (χ3n) is 4.49. The molecule has 2 aromatic heterocycles. The Morgan fingerprint density at radius 3 is 2.31 bits per heavy atom. The number of hydrogen-bond acceptors (Lipinski definition) is 6. The Hall–Kier alpha value is -3.48. The lowest BCUT2D eigenvalue weighted by atomic mass is 9.96. The molecule has 7 nitrogen and oxygen atoms in total. The summed E-state index contributed by atoms with van der Waals surface area (Å²) in [5.74, 6) is 1.90. The quantitative estimate of drug-likeness (QED) is 0.483. The van der Waals surface area contributed by atoms with Gasteiger partial charge >= 0.3 is 0 Å². The molecule has 0 bridgehead atoms. The largest absolute Gasteiger partial charge is 0.367 e. The van der Waals surface area contributed by atoms with Gasteiger partial charge in [0.1, 0.15) is 11.6 Å². The maximum absolute atomic E-state index is 12.4. The van der Waals surface area contributed by atoms with Gasteiger partial charge in [-0.15, -0.1) is 10.2 Å². The fourth-order valence-corrected chi connectivity index (χ4v) is 2.92. The summed E-state index contributed by atoms with van der Waals surface area (Å²) in [4.78, 5) is 16.7. The van der Waals surface area contributed by atoms with Crippen molar-refractivity contribution in [1.29, 1.82) is 0 Å². The molecule has 3 rings (SSSR count). The number of pyridine rings is 1. The van der Waals surface area contributed by atoms with E-state index in [0.29, 0.717) is 24.7 Å². The molecule has 3 aromatic rings. The molecule has 0 aliphatic heterocycles. The van der Waals surface area contributed by atoms with Gasteiger partial charge in [-0.3, -0.25) is 4.79 Å². The highest BCUT2D eigenvalue weighted by molar-refractivity contribution is 5.83. The van der Waals surface area contributed by atoms with Crippen molar-refractivity contribution >= 4 is 23.4 Å². The Morgan fingerprint density at radius 2 is 1.66 bits per heavy atom. The maximum atomic E-state index is 12.4. The highest BCUT2D eigenvalue weighted by Crippen LogP contribution is 2.19. The summed E-state index contributed by atoms with van der Waals surface area (Å²) in [6, 6.07) is 17.4. The number of rotatable bonds is 9. The predicted molar refractivity (Wildman–Crippen MR) is 115 cm³/mol. The van der Waals surface area contributed by atoms with E-state index in [0.717, 1.165) is 23.4 Å². The second-order valence-electron chi connectivity index (χ2n) is 6.74. The number of anilines is 3. The van der Waals surface area contributed by atoms with Crippen LogP contribution in [0.15, 0.2) is 60.8 Å². The molecule has 1 unspecified atom stereocenters. The zero-order valence-corrected chi connectivity index (χ0v) is 16.7. The average molecular weight is 390 g/mol. The molecule has 150 valence electrons. The van der Waals surface area contributed by atoms with Gasteiger partial charge in [-0.25, -0.2) is 4.98 Å². The van der Waals surface area contributed by atoms with E-state index in [1.807, 2.05) is 68.4 Å². The van der Waals surface area contributed by atoms with Crippen LogP contribution in [0.3, 0.4) is 0 Å². The highest BCUT2D eigenvalue weighted by Gasteiger charge is 2.17. The second kappa shape index (κ2) is 10.2. The summed E-state index contributed by atoms with van der Waals surface area (Å²) in [5.41, 5.74) is 2.14. The van der Waals surface area contributed by atoms with Crippen LogP contribution in [0.5, 0.6) is 0 Å². The minimum atomic E-state index is -0.128. The number of carbonyl (C=O) groups excluding carboxylic acids is 1. The average Bonchev–Trinajstić information content (AvgIpc) is 2.75. The summed E-state index contributed by atoms with van der Waals surface area (Å²) in [7, 11) is 0. The van der Waals surface area contributed by atoms with Gasteiger partial charge in [0, 0.05) is 19.3 Å². The van der Waals surface area contributed by atoms with Crippen molar-refractivity contribution in [2.75, 3.05) is 23.7 Å². The first kappa shape index (κ1) is 20.3. The first-order valence-electron chi connectivity index (χ1n) is 9.75. The Bertz CT molecular complexity index is 897. The van der Waals surface area contributed by atoms with Gasteiger partial charge in [-0.2, -0.15) is 0 Å². The number of hydrogen-bond donors (Lipinski definition) is 3. The highest BCUT2D eigenvalue weighted by atomic mass is 16.1. The molecule has 2 heterocycles. The van der Waals surface area contributed by atoms with Crippen LogP contribution < -0.4 is 16.0 Å². The van der Waals surface area contributed by atoms with Crippen molar-refractivity contribution in [2.45, 2.75) is 26.2 Å². The fraction of sp³-hybridized carbons (Fsp3) is 0.273. The number of aromatic nitrogens is 3. The standard InChI is InChI=1S/C22H26N6O/c1-3-18(17-7-5-4-6-8-17)22(29)24-14-13-23-20-11-12-21(28-27-20)26-19-10-9-16(2)15-25-19/h4-12,15,18H,3,13-14H2,1-2H3,(H,23,27)(H,24,29)(H,25,26,28). The normalized spacial score (nSPS) is 11.5. The number of aryl methyl sites for hydroxylation is 1. The number of nitrogens with one attached hydrogen (secondary N) is 3. The third-order valence-corrected chi connectivity index (χ3v) is 4.49. The van der Waals surface area contributed by atoms with E-state index in [2.05, 4.69) is 31.1 Å². The minimum absolute atomic E-state index is 0.0386. The molecule has 0 spiro atoms. The molecule has 0 saturated carbocycles. The van der Waals surface area contributed by atoms with Gasteiger partial charge in [0.15, 0.2) is 5.82 Å². The Labute approximate surface area is 171 Å². The third kappa shape index (κ3) is 6.00. The molecule has 3 N–H and O–H groups in total. The van der Waals surface area contributed by atoms with Crippen LogP contribution in [0.2, 0.25) is 0 Å². The predicted octanol–water partition coefficient (Wildman–Crippen LogP) is 3.65. The summed E-state index contributed by atoms with van der Waals surface area (Å²) in [6.45, 7) is 5.09. The van der Waals surface area contributed by atoms with Crippen LogP contribution in [0.25, 0.3) is 0 Å². The van der Waals surface area contributed by atoms with Crippen molar-refractivity contribution in [3.8, 4) is 0 Å². The lowest BCUT2D eigenvalue weighted by Gasteiger charge is -2.15. The number of amides is 1. The van der Waals surface area contributed by atoms with Crippen molar-refractivity contribution in [1.82, 2.24) is 20.5 Å². The maximum Gasteiger partial charge on any atom is 0.227 e. The van der Waals surface area contributed by atoms with Crippen LogP contribution >= 0.6 is 0 Å². The minimum Gasteiger partial charge on any atom is -0.367 e. The van der Waals surface area contributed by atoms with Gasteiger partial charge in [0.05, 0.1) is 5.92 Å².